The van der Waals surface area contributed by atoms with E-state index in [1.165, 1.54) is 5.56 Å². The quantitative estimate of drug-likeness (QED) is 0.532. The summed E-state index contributed by atoms with van der Waals surface area (Å²) in [4.78, 5) is 8.90. The molecule has 0 bridgehead atoms. The van der Waals surface area contributed by atoms with E-state index in [0.29, 0.717) is 13.2 Å². The third-order valence-corrected chi connectivity index (χ3v) is 4.16. The highest BCUT2D eigenvalue weighted by Crippen LogP contribution is 2.18. The maximum absolute atomic E-state index is 5.91. The molecule has 0 atom stereocenters. The molecule has 0 amide bonds. The van der Waals surface area contributed by atoms with Crippen molar-refractivity contribution in [2.75, 3.05) is 0 Å². The number of imidazole rings is 1. The molecule has 0 aliphatic heterocycles. The van der Waals surface area contributed by atoms with E-state index < -0.39 is 0 Å². The minimum absolute atomic E-state index is 0.469. The van der Waals surface area contributed by atoms with Crippen LogP contribution in [0.1, 0.15) is 17.0 Å². The second kappa shape index (κ2) is 7.28. The van der Waals surface area contributed by atoms with E-state index >= 15 is 0 Å². The molecule has 4 nitrogen and oxygen atoms in total. The number of hydrogen-bond donors (Lipinski definition) is 0. The van der Waals surface area contributed by atoms with Crippen LogP contribution in [0.2, 0.25) is 0 Å². The van der Waals surface area contributed by atoms with Gasteiger partial charge in [-0.15, -0.1) is 0 Å². The van der Waals surface area contributed by atoms with Crippen LogP contribution >= 0.6 is 0 Å². The van der Waals surface area contributed by atoms with E-state index in [-0.39, 0.29) is 0 Å². The van der Waals surface area contributed by atoms with Crippen LogP contribution in [-0.2, 0) is 24.5 Å². The molecular formula is C21H19N3O. The lowest BCUT2D eigenvalue weighted by Gasteiger charge is -2.10. The number of hydrogen-bond acceptors (Lipinski definition) is 3. The summed E-state index contributed by atoms with van der Waals surface area (Å²) in [6.07, 6.45) is 3.61. The number of benzene rings is 2. The number of rotatable bonds is 6. The molecule has 124 valence electrons. The molecule has 0 spiro atoms. The second-order valence-corrected chi connectivity index (χ2v) is 5.94. The van der Waals surface area contributed by atoms with E-state index in [9.17, 15) is 0 Å². The third-order valence-electron chi connectivity index (χ3n) is 4.16. The first-order chi connectivity index (χ1) is 12.4. The number of fused-ring (bicyclic) bond motifs is 1. The van der Waals surface area contributed by atoms with Crippen molar-refractivity contribution in [1.82, 2.24) is 14.5 Å². The van der Waals surface area contributed by atoms with Crippen molar-refractivity contribution < 1.29 is 4.74 Å². The van der Waals surface area contributed by atoms with Gasteiger partial charge in [-0.05, 0) is 17.2 Å². The number of nitrogens with zero attached hydrogens (tertiary/aromatic N) is 3. The fraction of sp³-hybridized carbons (Fsp3) is 0.143. The lowest BCUT2D eigenvalue weighted by atomic mass is 10.2. The lowest BCUT2D eigenvalue weighted by Crippen LogP contribution is -2.07. The lowest BCUT2D eigenvalue weighted by molar-refractivity contribution is 0.0999. The van der Waals surface area contributed by atoms with Gasteiger partial charge < -0.3 is 9.30 Å². The molecule has 4 aromatic rings. The Hall–Kier alpha value is -2.98. The molecule has 0 N–H and O–H groups in total. The van der Waals surface area contributed by atoms with Crippen LogP contribution in [0.3, 0.4) is 0 Å². The van der Waals surface area contributed by atoms with Gasteiger partial charge in [-0.1, -0.05) is 60.7 Å². The molecule has 4 rings (SSSR count). The van der Waals surface area contributed by atoms with Crippen molar-refractivity contribution in [3.63, 3.8) is 0 Å². The summed E-state index contributed by atoms with van der Waals surface area (Å²) in [6.45, 7) is 1.81. The predicted octanol–water partition coefficient (Wildman–Crippen LogP) is 4.20. The van der Waals surface area contributed by atoms with Crippen molar-refractivity contribution in [3.8, 4) is 0 Å². The molecule has 4 heteroatoms. The van der Waals surface area contributed by atoms with Crippen LogP contribution in [0.25, 0.3) is 11.0 Å². The van der Waals surface area contributed by atoms with Gasteiger partial charge in [0, 0.05) is 12.7 Å². The summed E-state index contributed by atoms with van der Waals surface area (Å²) >= 11 is 0. The van der Waals surface area contributed by atoms with Gasteiger partial charge in [0.05, 0.1) is 18.3 Å². The van der Waals surface area contributed by atoms with E-state index in [1.807, 2.05) is 30.3 Å². The van der Waals surface area contributed by atoms with E-state index in [4.69, 9.17) is 9.72 Å². The maximum Gasteiger partial charge on any atom is 0.136 e. The standard InChI is InChI=1S/C21H19N3O/c1-3-7-17(8-4-1)14-24-20-11-12-22-13-19(20)23-21(24)16-25-15-18-9-5-2-6-10-18/h1-13H,14-16H2. The molecule has 25 heavy (non-hydrogen) atoms. The predicted molar refractivity (Wildman–Crippen MR) is 98.0 cm³/mol. The Morgan fingerprint density at radius 2 is 1.52 bits per heavy atom. The van der Waals surface area contributed by atoms with Crippen LogP contribution in [-0.4, -0.2) is 14.5 Å². The van der Waals surface area contributed by atoms with Crippen molar-refractivity contribution in [3.05, 3.63) is 96.1 Å². The SMILES string of the molecule is c1ccc(COCc2nc3cnccc3n2Cc2ccccc2)cc1. The van der Waals surface area contributed by atoms with Crippen molar-refractivity contribution >= 4 is 11.0 Å². The van der Waals surface area contributed by atoms with Crippen LogP contribution in [0, 0.1) is 0 Å². The first-order valence-electron chi connectivity index (χ1n) is 8.35. The van der Waals surface area contributed by atoms with Gasteiger partial charge >= 0.3 is 0 Å². The van der Waals surface area contributed by atoms with Crippen LogP contribution < -0.4 is 0 Å². The molecule has 0 aliphatic rings. The fourth-order valence-electron chi connectivity index (χ4n) is 2.92. The number of aromatic nitrogens is 3. The summed E-state index contributed by atoms with van der Waals surface area (Å²) in [5.41, 5.74) is 4.38. The number of ether oxygens (including phenoxy) is 1. The van der Waals surface area contributed by atoms with E-state index in [2.05, 4.69) is 45.9 Å². The van der Waals surface area contributed by atoms with Gasteiger partial charge in [-0.25, -0.2) is 4.98 Å². The zero-order valence-electron chi connectivity index (χ0n) is 13.9. The van der Waals surface area contributed by atoms with Gasteiger partial charge in [0.2, 0.25) is 0 Å². The average molecular weight is 329 g/mol. The molecule has 0 aliphatic carbocycles. The average Bonchev–Trinajstić information content (AvgIpc) is 3.01. The van der Waals surface area contributed by atoms with Crippen molar-refractivity contribution in [2.45, 2.75) is 19.8 Å². The monoisotopic (exact) mass is 329 g/mol. The van der Waals surface area contributed by atoms with Gasteiger partial charge in [0.15, 0.2) is 0 Å². The molecular weight excluding hydrogens is 310 g/mol. The zero-order valence-corrected chi connectivity index (χ0v) is 13.9. The summed E-state index contributed by atoms with van der Waals surface area (Å²) in [7, 11) is 0. The smallest absolute Gasteiger partial charge is 0.136 e. The number of pyridine rings is 1. The first-order valence-corrected chi connectivity index (χ1v) is 8.35. The molecule has 0 saturated carbocycles. The zero-order chi connectivity index (χ0) is 16.9. The van der Waals surface area contributed by atoms with Crippen LogP contribution in [0.5, 0.6) is 0 Å². The minimum Gasteiger partial charge on any atom is -0.369 e. The summed E-state index contributed by atoms with van der Waals surface area (Å²) in [5.74, 6) is 0.919. The molecule has 2 aromatic heterocycles. The Labute approximate surface area is 146 Å². The molecule has 0 fully saturated rings. The van der Waals surface area contributed by atoms with Gasteiger partial charge in [0.25, 0.3) is 0 Å². The Kier molecular flexibility index (Phi) is 4.53. The van der Waals surface area contributed by atoms with E-state index in [0.717, 1.165) is 29.0 Å². The third kappa shape index (κ3) is 3.59. The fourth-order valence-corrected chi connectivity index (χ4v) is 2.92. The first kappa shape index (κ1) is 15.5. The Morgan fingerprint density at radius 1 is 0.800 bits per heavy atom. The van der Waals surface area contributed by atoms with Crippen molar-refractivity contribution in [2.24, 2.45) is 0 Å². The largest absolute Gasteiger partial charge is 0.369 e. The van der Waals surface area contributed by atoms with Gasteiger partial charge in [-0.3, -0.25) is 4.98 Å². The maximum atomic E-state index is 5.91. The molecule has 2 heterocycles. The Morgan fingerprint density at radius 3 is 2.28 bits per heavy atom. The highest BCUT2D eigenvalue weighted by molar-refractivity contribution is 5.74. The molecule has 0 saturated heterocycles. The summed E-state index contributed by atoms with van der Waals surface area (Å²) in [5, 5.41) is 0. The highest BCUT2D eigenvalue weighted by atomic mass is 16.5. The van der Waals surface area contributed by atoms with Crippen LogP contribution in [0.15, 0.2) is 79.1 Å². The minimum atomic E-state index is 0.469. The van der Waals surface area contributed by atoms with E-state index in [1.54, 1.807) is 12.4 Å². The Bertz CT molecular complexity index is 949. The Balaban J connectivity index is 1.58. The van der Waals surface area contributed by atoms with Crippen LogP contribution in [0.4, 0.5) is 0 Å². The van der Waals surface area contributed by atoms with Gasteiger partial charge in [0.1, 0.15) is 17.9 Å². The second-order valence-electron chi connectivity index (χ2n) is 5.94. The molecule has 0 unspecified atom stereocenters. The van der Waals surface area contributed by atoms with Crippen molar-refractivity contribution in [1.29, 1.82) is 0 Å². The van der Waals surface area contributed by atoms with Gasteiger partial charge in [-0.2, -0.15) is 0 Å². The normalized spacial score (nSPS) is 11.0. The molecule has 2 aromatic carbocycles. The topological polar surface area (TPSA) is 39.9 Å². The summed E-state index contributed by atoms with van der Waals surface area (Å²) < 4.78 is 8.12. The summed E-state index contributed by atoms with van der Waals surface area (Å²) in [6, 6.07) is 22.6. The molecule has 0 radical (unpaired) electrons. The highest BCUT2D eigenvalue weighted by Gasteiger charge is 2.11.